The Morgan fingerprint density at radius 1 is 1.27 bits per heavy atom. The number of nitrogen functional groups attached to an aromatic ring is 1. The number of hydrogen-bond donors (Lipinski definition) is 1. The molecule has 1 aromatic heterocycles. The summed E-state index contributed by atoms with van der Waals surface area (Å²) < 4.78 is 0.761. The summed E-state index contributed by atoms with van der Waals surface area (Å²) in [5.41, 5.74) is 5.47. The first-order valence-electron chi connectivity index (χ1n) is 3.87. The summed E-state index contributed by atoms with van der Waals surface area (Å²) in [6.07, 6.45) is 0. The van der Waals surface area contributed by atoms with Gasteiger partial charge in [0.25, 0.3) is 0 Å². The minimum absolute atomic E-state index is 0.447. The summed E-state index contributed by atoms with van der Waals surface area (Å²) in [5, 5.41) is 9.26. The van der Waals surface area contributed by atoms with E-state index in [1.165, 1.54) is 23.1 Å². The average molecular weight is 278 g/mol. The molecule has 1 heterocycles. The van der Waals surface area contributed by atoms with Crippen molar-refractivity contribution in [2.45, 2.75) is 9.24 Å². The summed E-state index contributed by atoms with van der Waals surface area (Å²) in [5.74, 6) is 0. The molecule has 78 valence electrons. The van der Waals surface area contributed by atoms with Gasteiger partial charge in [-0.25, -0.2) is 0 Å². The molecule has 1 aromatic carbocycles. The molecule has 0 saturated carbocycles. The van der Waals surface area contributed by atoms with Gasteiger partial charge in [-0.2, -0.15) is 0 Å². The van der Waals surface area contributed by atoms with E-state index in [-0.39, 0.29) is 0 Å². The molecule has 0 saturated heterocycles. The molecule has 0 spiro atoms. The molecule has 0 aliphatic rings. The van der Waals surface area contributed by atoms with Crippen LogP contribution in [-0.2, 0) is 0 Å². The van der Waals surface area contributed by atoms with Crippen molar-refractivity contribution in [3.8, 4) is 0 Å². The molecule has 0 bridgehead atoms. The molecular weight excluding hydrogens is 273 g/mol. The van der Waals surface area contributed by atoms with E-state index in [1.54, 1.807) is 12.1 Å². The number of rotatable bonds is 2. The SMILES string of the molecule is Nc1nnc(Sc2ccc(Cl)cc2Cl)s1. The third kappa shape index (κ3) is 2.75. The van der Waals surface area contributed by atoms with Crippen LogP contribution in [0.4, 0.5) is 5.13 Å². The minimum atomic E-state index is 0.447. The van der Waals surface area contributed by atoms with E-state index < -0.39 is 0 Å². The third-order valence-corrected chi connectivity index (χ3v) is 4.05. The Balaban J connectivity index is 2.24. The highest BCUT2D eigenvalue weighted by molar-refractivity contribution is 8.01. The number of anilines is 1. The molecule has 0 atom stereocenters. The van der Waals surface area contributed by atoms with Crippen LogP contribution in [0.3, 0.4) is 0 Å². The van der Waals surface area contributed by atoms with Crippen LogP contribution in [0.5, 0.6) is 0 Å². The van der Waals surface area contributed by atoms with Gasteiger partial charge in [-0.3, -0.25) is 0 Å². The van der Waals surface area contributed by atoms with Gasteiger partial charge in [-0.05, 0) is 18.2 Å². The molecule has 0 aliphatic carbocycles. The van der Waals surface area contributed by atoms with Crippen LogP contribution in [-0.4, -0.2) is 10.2 Å². The smallest absolute Gasteiger partial charge is 0.203 e. The molecule has 0 radical (unpaired) electrons. The standard InChI is InChI=1S/C8H5Cl2N3S2/c9-4-1-2-6(5(10)3-4)14-8-13-12-7(11)15-8/h1-3H,(H2,11,12). The molecule has 3 nitrogen and oxygen atoms in total. The molecular formula is C8H5Cl2N3S2. The second-order valence-electron chi connectivity index (χ2n) is 2.58. The van der Waals surface area contributed by atoms with Crippen molar-refractivity contribution < 1.29 is 0 Å². The lowest BCUT2D eigenvalue weighted by Crippen LogP contribution is -1.79. The van der Waals surface area contributed by atoms with E-state index in [2.05, 4.69) is 10.2 Å². The Morgan fingerprint density at radius 2 is 2.07 bits per heavy atom. The van der Waals surface area contributed by atoms with Crippen molar-refractivity contribution >= 4 is 51.4 Å². The molecule has 2 rings (SSSR count). The first-order valence-corrected chi connectivity index (χ1v) is 6.26. The lowest BCUT2D eigenvalue weighted by Gasteiger charge is -2.00. The van der Waals surface area contributed by atoms with E-state index in [0.717, 1.165) is 9.24 Å². The highest BCUT2D eigenvalue weighted by Crippen LogP contribution is 2.36. The molecule has 15 heavy (non-hydrogen) atoms. The molecule has 0 unspecified atom stereocenters. The van der Waals surface area contributed by atoms with Crippen LogP contribution in [0.2, 0.25) is 10.0 Å². The van der Waals surface area contributed by atoms with Gasteiger partial charge in [0.15, 0.2) is 4.34 Å². The Morgan fingerprint density at radius 3 is 2.67 bits per heavy atom. The van der Waals surface area contributed by atoms with Gasteiger partial charge < -0.3 is 5.73 Å². The fourth-order valence-electron chi connectivity index (χ4n) is 0.914. The van der Waals surface area contributed by atoms with Crippen LogP contribution in [0.15, 0.2) is 27.4 Å². The van der Waals surface area contributed by atoms with Gasteiger partial charge in [-0.1, -0.05) is 46.3 Å². The maximum atomic E-state index is 6.01. The van der Waals surface area contributed by atoms with Crippen molar-refractivity contribution in [3.05, 3.63) is 28.2 Å². The molecule has 0 amide bonds. The van der Waals surface area contributed by atoms with Crippen LogP contribution in [0.1, 0.15) is 0 Å². The number of hydrogen-bond acceptors (Lipinski definition) is 5. The van der Waals surface area contributed by atoms with Gasteiger partial charge >= 0.3 is 0 Å². The van der Waals surface area contributed by atoms with Gasteiger partial charge in [-0.15, -0.1) is 10.2 Å². The highest BCUT2D eigenvalue weighted by Gasteiger charge is 2.07. The zero-order chi connectivity index (χ0) is 10.8. The monoisotopic (exact) mass is 277 g/mol. The van der Waals surface area contributed by atoms with E-state index in [0.29, 0.717) is 15.2 Å². The number of aromatic nitrogens is 2. The second-order valence-corrected chi connectivity index (χ2v) is 5.72. The molecule has 2 aromatic rings. The average Bonchev–Trinajstić information content (AvgIpc) is 2.56. The predicted molar refractivity (Wildman–Crippen MR) is 64.9 cm³/mol. The highest BCUT2D eigenvalue weighted by atomic mass is 35.5. The first-order chi connectivity index (χ1) is 7.15. The number of nitrogens with two attached hydrogens (primary N) is 1. The van der Waals surface area contributed by atoms with Crippen molar-refractivity contribution in [2.75, 3.05) is 5.73 Å². The third-order valence-electron chi connectivity index (χ3n) is 1.51. The Hall–Kier alpha value is -0.490. The quantitative estimate of drug-likeness (QED) is 0.912. The Bertz CT molecular complexity index is 486. The van der Waals surface area contributed by atoms with Crippen molar-refractivity contribution in [1.82, 2.24) is 10.2 Å². The zero-order valence-corrected chi connectivity index (χ0v) is 10.4. The molecule has 0 aliphatic heterocycles. The Kier molecular flexibility index (Phi) is 3.35. The number of benzene rings is 1. The molecule has 0 fully saturated rings. The fraction of sp³-hybridized carbons (Fsp3) is 0. The van der Waals surface area contributed by atoms with Gasteiger partial charge in [0, 0.05) is 9.92 Å². The van der Waals surface area contributed by atoms with Gasteiger partial charge in [0.1, 0.15) is 0 Å². The lowest BCUT2D eigenvalue weighted by molar-refractivity contribution is 1.02. The first kappa shape index (κ1) is 11.0. The topological polar surface area (TPSA) is 51.8 Å². The van der Waals surface area contributed by atoms with Crippen molar-refractivity contribution in [2.24, 2.45) is 0 Å². The van der Waals surface area contributed by atoms with Crippen molar-refractivity contribution in [1.29, 1.82) is 0 Å². The molecule has 2 N–H and O–H groups in total. The summed E-state index contributed by atoms with van der Waals surface area (Å²) in [6, 6.07) is 5.31. The van der Waals surface area contributed by atoms with Crippen LogP contribution in [0.25, 0.3) is 0 Å². The van der Waals surface area contributed by atoms with Crippen LogP contribution in [0, 0.1) is 0 Å². The summed E-state index contributed by atoms with van der Waals surface area (Å²) in [7, 11) is 0. The van der Waals surface area contributed by atoms with E-state index >= 15 is 0 Å². The predicted octanol–water partition coefficient (Wildman–Crippen LogP) is 3.58. The number of nitrogens with zero attached hydrogens (tertiary/aromatic N) is 2. The normalized spacial score (nSPS) is 10.5. The van der Waals surface area contributed by atoms with Gasteiger partial charge in [0.2, 0.25) is 5.13 Å². The maximum absolute atomic E-state index is 6.01. The van der Waals surface area contributed by atoms with Gasteiger partial charge in [0.05, 0.1) is 5.02 Å². The minimum Gasteiger partial charge on any atom is -0.374 e. The Labute approximate surface area is 105 Å². The summed E-state index contributed by atoms with van der Waals surface area (Å²) in [4.78, 5) is 0.886. The largest absolute Gasteiger partial charge is 0.374 e. The zero-order valence-electron chi connectivity index (χ0n) is 7.28. The van der Waals surface area contributed by atoms with Crippen LogP contribution >= 0.6 is 46.3 Å². The van der Waals surface area contributed by atoms with E-state index in [1.807, 2.05) is 6.07 Å². The second kappa shape index (κ2) is 4.57. The van der Waals surface area contributed by atoms with Crippen LogP contribution < -0.4 is 5.73 Å². The van der Waals surface area contributed by atoms with E-state index in [9.17, 15) is 0 Å². The molecule has 7 heteroatoms. The lowest BCUT2D eigenvalue weighted by atomic mass is 10.4. The van der Waals surface area contributed by atoms with E-state index in [4.69, 9.17) is 28.9 Å². The van der Waals surface area contributed by atoms with Crippen molar-refractivity contribution in [3.63, 3.8) is 0 Å². The summed E-state index contributed by atoms with van der Waals surface area (Å²) >= 11 is 14.5. The fourth-order valence-corrected chi connectivity index (χ4v) is 3.03. The maximum Gasteiger partial charge on any atom is 0.203 e. The number of halogens is 2. The summed E-state index contributed by atoms with van der Waals surface area (Å²) in [6.45, 7) is 0.